The van der Waals surface area contributed by atoms with Gasteiger partial charge in [-0.15, -0.1) is 0 Å². The number of fused-ring (bicyclic) bond motifs is 2. The van der Waals surface area contributed by atoms with Crippen molar-refractivity contribution in [3.8, 4) is 0 Å². The standard InChI is InChI=1S/C30H32N2/c1-21-29(3,25-11-7-9-13-27(25)31(21)5)19-23-15-17-24(18-16-23)20-30(4)22(2)32(6)28-14-10-8-12-26(28)30/h7-18H,1-2,19-20H2,3-6H3. The van der Waals surface area contributed by atoms with Gasteiger partial charge in [-0.2, -0.15) is 0 Å². The zero-order valence-corrected chi connectivity index (χ0v) is 19.7. The Morgan fingerprint density at radius 1 is 0.594 bits per heavy atom. The molecule has 0 bridgehead atoms. The molecule has 0 saturated heterocycles. The van der Waals surface area contributed by atoms with Gasteiger partial charge in [0.15, 0.2) is 0 Å². The van der Waals surface area contributed by atoms with E-state index in [0.717, 1.165) is 24.2 Å². The first-order chi connectivity index (χ1) is 15.3. The lowest BCUT2D eigenvalue weighted by atomic mass is 9.75. The second kappa shape index (κ2) is 7.13. The van der Waals surface area contributed by atoms with E-state index < -0.39 is 0 Å². The van der Waals surface area contributed by atoms with Crippen molar-refractivity contribution in [3.63, 3.8) is 0 Å². The SMILES string of the molecule is C=C1N(C)c2ccccc2C1(C)Cc1ccc(CC2(C)C(=C)N(C)c3ccccc32)cc1. The fourth-order valence-electron chi connectivity index (χ4n) is 5.79. The molecule has 3 aromatic carbocycles. The summed E-state index contributed by atoms with van der Waals surface area (Å²) >= 11 is 0. The molecular weight excluding hydrogens is 388 g/mol. The summed E-state index contributed by atoms with van der Waals surface area (Å²) in [7, 11) is 4.25. The van der Waals surface area contributed by atoms with Crippen LogP contribution < -0.4 is 9.80 Å². The van der Waals surface area contributed by atoms with E-state index in [2.05, 4.69) is 124 Å². The average Bonchev–Trinajstić information content (AvgIpc) is 3.12. The van der Waals surface area contributed by atoms with E-state index in [1.54, 1.807) is 0 Å². The molecule has 3 aromatic rings. The summed E-state index contributed by atoms with van der Waals surface area (Å²) in [5.41, 5.74) is 10.1. The Hall–Kier alpha value is -3.26. The van der Waals surface area contributed by atoms with E-state index in [9.17, 15) is 0 Å². The van der Waals surface area contributed by atoms with E-state index in [1.165, 1.54) is 33.6 Å². The highest BCUT2D eigenvalue weighted by Crippen LogP contribution is 2.49. The number of hydrogen-bond acceptors (Lipinski definition) is 2. The third-order valence-corrected chi connectivity index (χ3v) is 7.94. The van der Waals surface area contributed by atoms with E-state index in [4.69, 9.17) is 0 Å². The molecule has 0 amide bonds. The number of anilines is 2. The minimum atomic E-state index is -0.0831. The minimum absolute atomic E-state index is 0.0831. The number of nitrogens with zero attached hydrogens (tertiary/aromatic N) is 2. The summed E-state index contributed by atoms with van der Waals surface area (Å²) in [6.45, 7) is 13.5. The smallest absolute Gasteiger partial charge is 0.0448 e. The Labute approximate surface area is 192 Å². The molecule has 0 spiro atoms. The molecule has 0 radical (unpaired) electrons. The van der Waals surface area contributed by atoms with Crippen molar-refractivity contribution in [3.05, 3.63) is 120 Å². The zero-order chi connectivity index (χ0) is 22.7. The van der Waals surface area contributed by atoms with Crippen LogP contribution >= 0.6 is 0 Å². The van der Waals surface area contributed by atoms with E-state index in [1.807, 2.05) is 0 Å². The zero-order valence-electron chi connectivity index (χ0n) is 19.7. The molecule has 0 N–H and O–H groups in total. The second-order valence-corrected chi connectivity index (χ2v) is 9.88. The molecule has 2 heteroatoms. The van der Waals surface area contributed by atoms with Gasteiger partial charge in [0.2, 0.25) is 0 Å². The van der Waals surface area contributed by atoms with Gasteiger partial charge in [0.25, 0.3) is 0 Å². The molecule has 2 heterocycles. The first-order valence-electron chi connectivity index (χ1n) is 11.4. The highest BCUT2D eigenvalue weighted by Gasteiger charge is 2.42. The van der Waals surface area contributed by atoms with Crippen molar-refractivity contribution in [2.75, 3.05) is 23.9 Å². The third kappa shape index (κ3) is 2.86. The summed E-state index contributed by atoms with van der Waals surface area (Å²) in [5, 5.41) is 0. The fourth-order valence-corrected chi connectivity index (χ4v) is 5.79. The molecule has 162 valence electrons. The van der Waals surface area contributed by atoms with E-state index in [-0.39, 0.29) is 10.8 Å². The van der Waals surface area contributed by atoms with Crippen LogP contribution in [0.3, 0.4) is 0 Å². The summed E-state index contributed by atoms with van der Waals surface area (Å²) in [5.74, 6) is 0. The van der Waals surface area contributed by atoms with Gasteiger partial charge >= 0.3 is 0 Å². The van der Waals surface area contributed by atoms with Crippen LogP contribution in [0.4, 0.5) is 11.4 Å². The number of rotatable bonds is 4. The number of hydrogen-bond donors (Lipinski definition) is 0. The number of allylic oxidation sites excluding steroid dienone is 2. The molecule has 0 aromatic heterocycles. The largest absolute Gasteiger partial charge is 0.348 e. The van der Waals surface area contributed by atoms with Gasteiger partial charge in [-0.05, 0) is 61.1 Å². The molecular formula is C30H32N2. The molecule has 2 nitrogen and oxygen atoms in total. The Bertz CT molecular complexity index is 1130. The Morgan fingerprint density at radius 2 is 0.938 bits per heavy atom. The first-order valence-corrected chi connectivity index (χ1v) is 11.4. The van der Waals surface area contributed by atoms with Gasteiger partial charge < -0.3 is 9.80 Å². The van der Waals surface area contributed by atoms with Crippen molar-refractivity contribution in [2.45, 2.75) is 37.5 Å². The van der Waals surface area contributed by atoms with Crippen LogP contribution in [0.2, 0.25) is 0 Å². The van der Waals surface area contributed by atoms with E-state index >= 15 is 0 Å². The molecule has 0 saturated carbocycles. The predicted molar refractivity (Wildman–Crippen MR) is 137 cm³/mol. The minimum Gasteiger partial charge on any atom is -0.348 e. The second-order valence-electron chi connectivity index (χ2n) is 9.88. The van der Waals surface area contributed by atoms with Crippen LogP contribution in [0.25, 0.3) is 0 Å². The lowest BCUT2D eigenvalue weighted by Gasteiger charge is -2.29. The highest BCUT2D eigenvalue weighted by molar-refractivity contribution is 5.71. The summed E-state index contributed by atoms with van der Waals surface area (Å²) in [6.07, 6.45) is 1.89. The molecule has 2 aliphatic rings. The van der Waals surface area contributed by atoms with Crippen molar-refractivity contribution >= 4 is 11.4 Å². The maximum Gasteiger partial charge on any atom is 0.0448 e. The highest BCUT2D eigenvalue weighted by atomic mass is 15.2. The van der Waals surface area contributed by atoms with Crippen molar-refractivity contribution in [1.82, 2.24) is 0 Å². The van der Waals surface area contributed by atoms with Gasteiger partial charge in [0.05, 0.1) is 0 Å². The van der Waals surface area contributed by atoms with Gasteiger partial charge in [-0.3, -0.25) is 0 Å². The quantitative estimate of drug-likeness (QED) is 0.468. The number of likely N-dealkylation sites (N-methyl/N-ethyl adjacent to an activating group) is 2. The van der Waals surface area contributed by atoms with Crippen LogP contribution in [0.5, 0.6) is 0 Å². The third-order valence-electron chi connectivity index (χ3n) is 7.94. The van der Waals surface area contributed by atoms with Gasteiger partial charge in [0.1, 0.15) is 0 Å². The lowest BCUT2D eigenvalue weighted by molar-refractivity contribution is 0.564. The van der Waals surface area contributed by atoms with Crippen LogP contribution in [-0.4, -0.2) is 14.1 Å². The summed E-state index contributed by atoms with van der Waals surface area (Å²) in [6, 6.07) is 26.6. The van der Waals surface area contributed by atoms with Crippen molar-refractivity contribution in [1.29, 1.82) is 0 Å². The maximum atomic E-state index is 4.44. The molecule has 2 aliphatic heterocycles. The lowest BCUT2D eigenvalue weighted by Crippen LogP contribution is -2.28. The Morgan fingerprint density at radius 3 is 1.31 bits per heavy atom. The predicted octanol–water partition coefficient (Wildman–Crippen LogP) is 6.61. The number of benzene rings is 3. The Balaban J connectivity index is 1.40. The van der Waals surface area contributed by atoms with Crippen LogP contribution in [0.15, 0.2) is 97.3 Å². The molecule has 5 rings (SSSR count). The van der Waals surface area contributed by atoms with E-state index in [0.29, 0.717) is 0 Å². The van der Waals surface area contributed by atoms with Crippen molar-refractivity contribution in [2.24, 2.45) is 0 Å². The van der Waals surface area contributed by atoms with Gasteiger partial charge in [-0.1, -0.05) is 73.8 Å². The topological polar surface area (TPSA) is 6.48 Å². The molecule has 32 heavy (non-hydrogen) atoms. The summed E-state index contributed by atoms with van der Waals surface area (Å²) < 4.78 is 0. The molecule has 2 atom stereocenters. The fraction of sp³-hybridized carbons (Fsp3) is 0.267. The monoisotopic (exact) mass is 420 g/mol. The maximum absolute atomic E-state index is 4.44. The van der Waals surface area contributed by atoms with Crippen LogP contribution in [0, 0.1) is 0 Å². The van der Waals surface area contributed by atoms with Crippen molar-refractivity contribution < 1.29 is 0 Å². The van der Waals surface area contributed by atoms with Crippen LogP contribution in [-0.2, 0) is 23.7 Å². The van der Waals surface area contributed by atoms with Gasteiger partial charge in [0, 0.05) is 47.7 Å². The normalized spacial score (nSPS) is 24.1. The Kier molecular flexibility index (Phi) is 4.60. The molecule has 2 unspecified atom stereocenters. The molecule has 0 aliphatic carbocycles. The van der Waals surface area contributed by atoms with Crippen LogP contribution in [0.1, 0.15) is 36.1 Å². The molecule has 0 fully saturated rings. The average molecular weight is 421 g/mol. The van der Waals surface area contributed by atoms with Gasteiger partial charge in [-0.25, -0.2) is 0 Å². The number of para-hydroxylation sites is 2. The summed E-state index contributed by atoms with van der Waals surface area (Å²) in [4.78, 5) is 4.48. The first kappa shape index (κ1) is 20.6.